The Hall–Kier alpha value is -1.63. The Bertz CT molecular complexity index is 551. The van der Waals surface area contributed by atoms with Crippen LogP contribution in [0.5, 0.6) is 0 Å². The van der Waals surface area contributed by atoms with Gasteiger partial charge in [-0.15, -0.1) is 0 Å². The maximum atomic E-state index is 4.50. The number of hydrogen-bond donors (Lipinski definition) is 0. The second-order valence-electron chi connectivity index (χ2n) is 7.48. The fourth-order valence-electron chi connectivity index (χ4n) is 2.51. The van der Waals surface area contributed by atoms with Crippen LogP contribution in [-0.2, 0) is 10.8 Å². The molecule has 0 amide bonds. The molecule has 0 aliphatic carbocycles. The van der Waals surface area contributed by atoms with Crippen LogP contribution in [0.25, 0.3) is 11.1 Å². The molecule has 0 aliphatic rings. The van der Waals surface area contributed by atoms with Gasteiger partial charge in [0, 0.05) is 12.4 Å². The molecule has 106 valence electrons. The molecular weight excluding hydrogens is 242 g/mol. The van der Waals surface area contributed by atoms with Crippen molar-refractivity contribution in [2.45, 2.75) is 52.4 Å². The van der Waals surface area contributed by atoms with Crippen molar-refractivity contribution < 1.29 is 0 Å². The van der Waals surface area contributed by atoms with Crippen LogP contribution in [0.1, 0.15) is 52.7 Å². The monoisotopic (exact) mass is 267 g/mol. The van der Waals surface area contributed by atoms with Crippen molar-refractivity contribution in [1.29, 1.82) is 0 Å². The maximum absolute atomic E-state index is 4.50. The molecule has 0 saturated carbocycles. The molecule has 0 fully saturated rings. The highest BCUT2D eigenvalue weighted by Gasteiger charge is 2.26. The Morgan fingerprint density at radius 3 is 1.55 bits per heavy atom. The van der Waals surface area contributed by atoms with Crippen LogP contribution in [0.2, 0.25) is 0 Å². The van der Waals surface area contributed by atoms with Gasteiger partial charge >= 0.3 is 0 Å². The summed E-state index contributed by atoms with van der Waals surface area (Å²) in [4.78, 5) is 4.50. The molecule has 20 heavy (non-hydrogen) atoms. The molecule has 0 atom stereocenters. The van der Waals surface area contributed by atoms with E-state index < -0.39 is 0 Å². The third-order valence-electron chi connectivity index (χ3n) is 3.62. The molecule has 0 aliphatic heterocycles. The van der Waals surface area contributed by atoms with Crippen molar-refractivity contribution in [2.24, 2.45) is 0 Å². The van der Waals surface area contributed by atoms with Crippen molar-refractivity contribution in [3.05, 3.63) is 53.9 Å². The van der Waals surface area contributed by atoms with E-state index in [9.17, 15) is 0 Å². The predicted octanol–water partition coefficient (Wildman–Crippen LogP) is 5.34. The van der Waals surface area contributed by atoms with E-state index in [0.717, 1.165) is 0 Å². The Morgan fingerprint density at radius 2 is 1.15 bits per heavy atom. The minimum Gasteiger partial charge on any atom is -0.264 e. The summed E-state index contributed by atoms with van der Waals surface area (Å²) in [6.07, 6.45) is 4.05. The standard InChI is InChI=1S/C19H25N/c1-18(2,3)15-12-20-13-16(19(4,5)6)17(15)14-10-8-7-9-11-14/h7-13H,1-6H3. The molecule has 1 aromatic carbocycles. The van der Waals surface area contributed by atoms with E-state index in [1.807, 2.05) is 12.4 Å². The average molecular weight is 267 g/mol. The Balaban J connectivity index is 2.80. The highest BCUT2D eigenvalue weighted by Crippen LogP contribution is 2.39. The number of nitrogens with zero attached hydrogens (tertiary/aromatic N) is 1. The van der Waals surface area contributed by atoms with E-state index in [4.69, 9.17) is 0 Å². The molecule has 2 rings (SSSR count). The molecule has 0 unspecified atom stereocenters. The Labute approximate surface area is 123 Å². The molecule has 0 spiro atoms. The van der Waals surface area contributed by atoms with Gasteiger partial charge in [-0.25, -0.2) is 0 Å². The highest BCUT2D eigenvalue weighted by molar-refractivity contribution is 5.72. The quantitative estimate of drug-likeness (QED) is 0.679. The zero-order chi connectivity index (χ0) is 15.0. The van der Waals surface area contributed by atoms with Crippen molar-refractivity contribution in [3.8, 4) is 11.1 Å². The number of hydrogen-bond acceptors (Lipinski definition) is 1. The van der Waals surface area contributed by atoms with E-state index in [1.165, 1.54) is 22.3 Å². The second-order valence-corrected chi connectivity index (χ2v) is 7.48. The summed E-state index contributed by atoms with van der Waals surface area (Å²) in [5, 5.41) is 0. The molecule has 1 heteroatoms. The number of aromatic nitrogens is 1. The number of benzene rings is 1. The second kappa shape index (κ2) is 5.05. The van der Waals surface area contributed by atoms with Gasteiger partial charge in [0.05, 0.1) is 0 Å². The number of pyridine rings is 1. The predicted molar refractivity (Wildman–Crippen MR) is 87.1 cm³/mol. The van der Waals surface area contributed by atoms with Gasteiger partial charge in [0.25, 0.3) is 0 Å². The van der Waals surface area contributed by atoms with E-state index in [-0.39, 0.29) is 10.8 Å². The van der Waals surface area contributed by atoms with Crippen molar-refractivity contribution >= 4 is 0 Å². The van der Waals surface area contributed by atoms with Crippen molar-refractivity contribution in [1.82, 2.24) is 4.98 Å². The average Bonchev–Trinajstić information content (AvgIpc) is 2.37. The minimum absolute atomic E-state index is 0.0828. The van der Waals surface area contributed by atoms with Crippen LogP contribution in [0.4, 0.5) is 0 Å². The summed E-state index contributed by atoms with van der Waals surface area (Å²) in [5.74, 6) is 0. The maximum Gasteiger partial charge on any atom is 0.0311 e. The first kappa shape index (κ1) is 14.8. The third kappa shape index (κ3) is 2.92. The van der Waals surface area contributed by atoms with E-state index in [2.05, 4.69) is 76.9 Å². The fourth-order valence-corrected chi connectivity index (χ4v) is 2.51. The number of rotatable bonds is 1. The molecule has 0 radical (unpaired) electrons. The van der Waals surface area contributed by atoms with E-state index in [0.29, 0.717) is 0 Å². The van der Waals surface area contributed by atoms with E-state index in [1.54, 1.807) is 0 Å². The third-order valence-corrected chi connectivity index (χ3v) is 3.62. The lowest BCUT2D eigenvalue weighted by Crippen LogP contribution is -2.19. The van der Waals surface area contributed by atoms with Gasteiger partial charge in [-0.1, -0.05) is 71.9 Å². The largest absolute Gasteiger partial charge is 0.264 e. The zero-order valence-electron chi connectivity index (χ0n) is 13.5. The fraction of sp³-hybridized carbons (Fsp3) is 0.421. The van der Waals surface area contributed by atoms with Gasteiger partial charge < -0.3 is 0 Å². The van der Waals surface area contributed by atoms with Crippen LogP contribution in [0.15, 0.2) is 42.7 Å². The lowest BCUT2D eigenvalue weighted by molar-refractivity contribution is 0.567. The SMILES string of the molecule is CC(C)(C)c1cncc(C(C)(C)C)c1-c1ccccc1. The lowest BCUT2D eigenvalue weighted by Gasteiger charge is -2.29. The van der Waals surface area contributed by atoms with Crippen LogP contribution >= 0.6 is 0 Å². The van der Waals surface area contributed by atoms with E-state index >= 15 is 0 Å². The minimum atomic E-state index is 0.0828. The molecule has 0 N–H and O–H groups in total. The van der Waals surface area contributed by atoms with Crippen LogP contribution in [0, 0.1) is 0 Å². The smallest absolute Gasteiger partial charge is 0.0311 e. The van der Waals surface area contributed by atoms with Gasteiger partial charge in [-0.3, -0.25) is 4.98 Å². The Kier molecular flexibility index (Phi) is 3.73. The molecule has 2 aromatic rings. The summed E-state index contributed by atoms with van der Waals surface area (Å²) in [6, 6.07) is 10.7. The summed E-state index contributed by atoms with van der Waals surface area (Å²) in [7, 11) is 0. The van der Waals surface area contributed by atoms with Gasteiger partial charge in [0.1, 0.15) is 0 Å². The summed E-state index contributed by atoms with van der Waals surface area (Å²) in [5.41, 5.74) is 5.43. The zero-order valence-corrected chi connectivity index (χ0v) is 13.5. The van der Waals surface area contributed by atoms with Crippen molar-refractivity contribution in [3.63, 3.8) is 0 Å². The topological polar surface area (TPSA) is 12.9 Å². The molecule has 1 heterocycles. The highest BCUT2D eigenvalue weighted by atomic mass is 14.6. The van der Waals surface area contributed by atoms with Crippen molar-refractivity contribution in [2.75, 3.05) is 0 Å². The van der Waals surface area contributed by atoms with Crippen LogP contribution in [-0.4, -0.2) is 4.98 Å². The summed E-state index contributed by atoms with van der Waals surface area (Å²) < 4.78 is 0. The van der Waals surface area contributed by atoms with Gasteiger partial charge in [-0.05, 0) is 33.1 Å². The van der Waals surface area contributed by atoms with Crippen LogP contribution < -0.4 is 0 Å². The first-order valence-corrected chi connectivity index (χ1v) is 7.25. The van der Waals surface area contributed by atoms with Crippen LogP contribution in [0.3, 0.4) is 0 Å². The normalized spacial score (nSPS) is 12.5. The summed E-state index contributed by atoms with van der Waals surface area (Å²) in [6.45, 7) is 13.5. The van der Waals surface area contributed by atoms with Gasteiger partial charge in [0.15, 0.2) is 0 Å². The molecule has 0 saturated heterocycles. The first-order valence-electron chi connectivity index (χ1n) is 7.25. The van der Waals surface area contributed by atoms with Gasteiger partial charge in [0.2, 0.25) is 0 Å². The lowest BCUT2D eigenvalue weighted by atomic mass is 9.76. The molecular formula is C19H25N. The van der Waals surface area contributed by atoms with Gasteiger partial charge in [-0.2, -0.15) is 0 Å². The Morgan fingerprint density at radius 1 is 0.700 bits per heavy atom. The first-order chi connectivity index (χ1) is 9.21. The molecule has 0 bridgehead atoms. The molecule has 1 aromatic heterocycles. The molecule has 1 nitrogen and oxygen atoms in total. The summed E-state index contributed by atoms with van der Waals surface area (Å²) >= 11 is 0.